The van der Waals surface area contributed by atoms with Crippen LogP contribution in [0.2, 0.25) is 0 Å². The van der Waals surface area contributed by atoms with Gasteiger partial charge in [-0.05, 0) is 31.7 Å². The van der Waals surface area contributed by atoms with Gasteiger partial charge in [0.2, 0.25) is 5.91 Å². The summed E-state index contributed by atoms with van der Waals surface area (Å²) in [6, 6.07) is 7.82. The first kappa shape index (κ1) is 20.1. The zero-order chi connectivity index (χ0) is 21.3. The largest absolute Gasteiger partial charge is 0.435 e. The van der Waals surface area contributed by atoms with Crippen molar-refractivity contribution in [3.05, 3.63) is 64.9 Å². The Hall–Kier alpha value is -3.17. The van der Waals surface area contributed by atoms with Gasteiger partial charge in [0, 0.05) is 29.1 Å². The van der Waals surface area contributed by atoms with Crippen LogP contribution in [-0.4, -0.2) is 25.5 Å². The predicted molar refractivity (Wildman–Crippen MR) is 100 cm³/mol. The van der Waals surface area contributed by atoms with Gasteiger partial charge < -0.3 is 5.32 Å². The predicted octanol–water partition coefficient (Wildman–Crippen LogP) is 3.80. The van der Waals surface area contributed by atoms with Crippen molar-refractivity contribution in [2.45, 2.75) is 44.9 Å². The van der Waals surface area contributed by atoms with Crippen molar-refractivity contribution >= 4 is 11.7 Å². The molecule has 4 rings (SSSR count). The molecule has 0 fully saturated rings. The van der Waals surface area contributed by atoms with Gasteiger partial charge in [0.15, 0.2) is 11.5 Å². The molecule has 2 aromatic heterocycles. The lowest BCUT2D eigenvalue weighted by Crippen LogP contribution is -2.22. The number of alkyl halides is 3. The van der Waals surface area contributed by atoms with Gasteiger partial charge in [-0.3, -0.25) is 14.2 Å². The molecular weight excluding hydrogens is 402 g/mol. The molecule has 2 heterocycles. The van der Waals surface area contributed by atoms with Crippen molar-refractivity contribution in [2.75, 3.05) is 5.32 Å². The Balaban J connectivity index is 1.45. The maximum atomic E-state index is 13.8. The average molecular weight is 421 g/mol. The van der Waals surface area contributed by atoms with Gasteiger partial charge in [0.1, 0.15) is 12.4 Å². The van der Waals surface area contributed by atoms with Crippen molar-refractivity contribution in [3.63, 3.8) is 0 Å². The van der Waals surface area contributed by atoms with Crippen LogP contribution in [0.1, 0.15) is 35.4 Å². The summed E-state index contributed by atoms with van der Waals surface area (Å²) in [5, 5.41) is 10.4. The van der Waals surface area contributed by atoms with Crippen LogP contribution in [0.4, 0.5) is 23.4 Å². The first-order valence-electron chi connectivity index (χ1n) is 9.54. The van der Waals surface area contributed by atoms with E-state index >= 15 is 0 Å². The van der Waals surface area contributed by atoms with E-state index in [9.17, 15) is 22.4 Å². The summed E-state index contributed by atoms with van der Waals surface area (Å²) in [6.45, 7) is -0.150. The smallest absolute Gasteiger partial charge is 0.308 e. The van der Waals surface area contributed by atoms with E-state index in [1.807, 2.05) is 0 Å². The second-order valence-electron chi connectivity index (χ2n) is 7.17. The number of fused-ring (bicyclic) bond motifs is 1. The normalized spacial score (nSPS) is 13.9. The van der Waals surface area contributed by atoms with Gasteiger partial charge in [0.05, 0.1) is 6.54 Å². The van der Waals surface area contributed by atoms with E-state index in [4.69, 9.17) is 0 Å². The van der Waals surface area contributed by atoms with E-state index in [1.165, 1.54) is 10.7 Å². The number of halogens is 4. The number of aromatic nitrogens is 4. The first-order valence-corrected chi connectivity index (χ1v) is 9.54. The highest BCUT2D eigenvalue weighted by Crippen LogP contribution is 2.35. The standard InChI is InChI=1S/C20H19F4N5O/c21-15-7-3-1-5-13(15)11-28-10-9-17(26-28)25-18(30)12-29-16-8-4-2-6-14(16)19(27-29)20(22,23)24/h1,3,5,7,9-10H,2,4,6,8,11-12H2,(H,25,26,30). The minimum absolute atomic E-state index is 0.185. The number of hydrogen-bond donors (Lipinski definition) is 1. The molecule has 1 amide bonds. The molecule has 0 atom stereocenters. The van der Waals surface area contributed by atoms with Crippen molar-refractivity contribution in [1.29, 1.82) is 0 Å². The molecular formula is C20H19F4N5O. The Bertz CT molecular complexity index is 1070. The van der Waals surface area contributed by atoms with Crippen LogP contribution < -0.4 is 5.32 Å². The minimum atomic E-state index is -4.55. The lowest BCUT2D eigenvalue weighted by molar-refractivity contribution is -0.142. The summed E-state index contributed by atoms with van der Waals surface area (Å²) in [5.41, 5.74) is 0.199. The number of rotatable bonds is 5. The average Bonchev–Trinajstić information content (AvgIpc) is 3.28. The molecule has 0 radical (unpaired) electrons. The van der Waals surface area contributed by atoms with Crippen molar-refractivity contribution in [2.24, 2.45) is 0 Å². The topological polar surface area (TPSA) is 64.7 Å². The molecule has 158 valence electrons. The fourth-order valence-electron chi connectivity index (χ4n) is 3.67. The molecule has 6 nitrogen and oxygen atoms in total. The summed E-state index contributed by atoms with van der Waals surface area (Å²) >= 11 is 0. The van der Waals surface area contributed by atoms with Gasteiger partial charge in [-0.15, -0.1) is 0 Å². The molecule has 0 spiro atoms. The third kappa shape index (κ3) is 4.22. The fraction of sp³-hybridized carbons (Fsp3) is 0.350. The molecule has 0 aliphatic heterocycles. The lowest BCUT2D eigenvalue weighted by atomic mass is 9.95. The molecule has 1 aliphatic rings. The Labute approximate surface area is 169 Å². The van der Waals surface area contributed by atoms with E-state index in [1.54, 1.807) is 30.5 Å². The summed E-state index contributed by atoms with van der Waals surface area (Å²) in [7, 11) is 0. The van der Waals surface area contributed by atoms with E-state index in [0.717, 1.165) is 11.1 Å². The molecule has 0 saturated heterocycles. The number of carbonyl (C=O) groups excluding carboxylic acids is 1. The van der Waals surface area contributed by atoms with Crippen LogP contribution in [0.25, 0.3) is 0 Å². The summed E-state index contributed by atoms with van der Waals surface area (Å²) in [6.07, 6.45) is -0.755. The van der Waals surface area contributed by atoms with E-state index in [0.29, 0.717) is 30.5 Å². The molecule has 10 heteroatoms. The second kappa shape index (κ2) is 7.92. The van der Waals surface area contributed by atoms with Gasteiger partial charge in [0.25, 0.3) is 0 Å². The molecule has 0 bridgehead atoms. The van der Waals surface area contributed by atoms with Crippen LogP contribution in [0, 0.1) is 5.82 Å². The van der Waals surface area contributed by atoms with Crippen molar-refractivity contribution in [3.8, 4) is 0 Å². The maximum absolute atomic E-state index is 13.8. The first-order chi connectivity index (χ1) is 14.3. The molecule has 3 aromatic rings. The Kier molecular flexibility index (Phi) is 5.31. The maximum Gasteiger partial charge on any atom is 0.435 e. The molecule has 30 heavy (non-hydrogen) atoms. The van der Waals surface area contributed by atoms with Crippen LogP contribution in [0.15, 0.2) is 36.5 Å². The van der Waals surface area contributed by atoms with Crippen LogP contribution in [-0.2, 0) is 36.9 Å². The molecule has 1 aliphatic carbocycles. The Morgan fingerprint density at radius 2 is 1.87 bits per heavy atom. The number of hydrogen-bond acceptors (Lipinski definition) is 3. The van der Waals surface area contributed by atoms with Crippen LogP contribution in [0.5, 0.6) is 0 Å². The number of nitrogens with zero attached hydrogens (tertiary/aromatic N) is 4. The second-order valence-corrected chi connectivity index (χ2v) is 7.17. The quantitative estimate of drug-likeness (QED) is 0.638. The molecule has 0 saturated carbocycles. The number of benzene rings is 1. The monoisotopic (exact) mass is 421 g/mol. The Morgan fingerprint density at radius 1 is 1.10 bits per heavy atom. The minimum Gasteiger partial charge on any atom is -0.308 e. The number of nitrogens with one attached hydrogen (secondary N) is 1. The fourth-order valence-corrected chi connectivity index (χ4v) is 3.67. The van der Waals surface area contributed by atoms with E-state index < -0.39 is 17.8 Å². The van der Waals surface area contributed by atoms with E-state index in [-0.39, 0.29) is 30.3 Å². The summed E-state index contributed by atoms with van der Waals surface area (Å²) in [5.74, 6) is -0.661. The van der Waals surface area contributed by atoms with Crippen LogP contribution >= 0.6 is 0 Å². The van der Waals surface area contributed by atoms with Crippen LogP contribution in [0.3, 0.4) is 0 Å². The van der Waals surface area contributed by atoms with Gasteiger partial charge in [-0.25, -0.2) is 4.39 Å². The lowest BCUT2D eigenvalue weighted by Gasteiger charge is -2.14. The molecule has 1 N–H and O–H groups in total. The summed E-state index contributed by atoms with van der Waals surface area (Å²) in [4.78, 5) is 12.4. The highest BCUT2D eigenvalue weighted by Gasteiger charge is 2.39. The van der Waals surface area contributed by atoms with E-state index in [2.05, 4.69) is 15.5 Å². The highest BCUT2D eigenvalue weighted by molar-refractivity contribution is 5.89. The zero-order valence-electron chi connectivity index (χ0n) is 15.9. The van der Waals surface area contributed by atoms with Crippen molar-refractivity contribution < 1.29 is 22.4 Å². The SMILES string of the molecule is O=C(Cn1nc(C(F)(F)F)c2c1CCCC2)Nc1ccn(Cc2ccccc2F)n1. The zero-order valence-corrected chi connectivity index (χ0v) is 15.9. The number of amides is 1. The van der Waals surface area contributed by atoms with Gasteiger partial charge in [-0.2, -0.15) is 23.4 Å². The summed E-state index contributed by atoms with van der Waals surface area (Å²) < 4.78 is 56.2. The highest BCUT2D eigenvalue weighted by atomic mass is 19.4. The van der Waals surface area contributed by atoms with Crippen molar-refractivity contribution in [1.82, 2.24) is 19.6 Å². The molecule has 1 aromatic carbocycles. The molecule has 0 unspecified atom stereocenters. The number of carbonyl (C=O) groups is 1. The van der Waals surface area contributed by atoms with Gasteiger partial charge >= 0.3 is 6.18 Å². The third-order valence-corrected chi connectivity index (χ3v) is 5.02. The Morgan fingerprint density at radius 3 is 2.63 bits per heavy atom. The third-order valence-electron chi connectivity index (χ3n) is 5.02. The number of anilines is 1. The van der Waals surface area contributed by atoms with Gasteiger partial charge in [-0.1, -0.05) is 18.2 Å².